The van der Waals surface area contributed by atoms with E-state index in [1.54, 1.807) is 4.90 Å². The van der Waals surface area contributed by atoms with E-state index >= 15 is 0 Å². The molecule has 2 N–H and O–H groups in total. The maximum Gasteiger partial charge on any atom is 0.311 e. The highest BCUT2D eigenvalue weighted by molar-refractivity contribution is 5.83. The Morgan fingerprint density at radius 3 is 2.67 bits per heavy atom. The standard InChI is InChI=1S/C15H26N2O4/c1-4-16-12-8-21-7-11(12)13(18)17-6-5-15(9-17,10(2)3)14(19)20/h10-12,16H,4-9H2,1-3H3,(H,19,20). The smallest absolute Gasteiger partial charge is 0.311 e. The van der Waals surface area contributed by atoms with Gasteiger partial charge in [0.2, 0.25) is 5.91 Å². The number of rotatable bonds is 5. The van der Waals surface area contributed by atoms with Crippen molar-refractivity contribution in [1.82, 2.24) is 10.2 Å². The maximum absolute atomic E-state index is 12.7. The fourth-order valence-electron chi connectivity index (χ4n) is 3.41. The number of amides is 1. The van der Waals surface area contributed by atoms with Crippen LogP contribution >= 0.6 is 0 Å². The molecular weight excluding hydrogens is 272 g/mol. The lowest BCUT2D eigenvalue weighted by atomic mass is 9.76. The summed E-state index contributed by atoms with van der Waals surface area (Å²) in [6.07, 6.45) is 0.533. The Hall–Kier alpha value is -1.14. The summed E-state index contributed by atoms with van der Waals surface area (Å²) >= 11 is 0. The summed E-state index contributed by atoms with van der Waals surface area (Å²) in [4.78, 5) is 26.0. The molecule has 2 aliphatic heterocycles. The molecule has 1 amide bonds. The molecule has 0 aromatic heterocycles. The van der Waals surface area contributed by atoms with Crippen molar-refractivity contribution in [3.8, 4) is 0 Å². The molecule has 2 saturated heterocycles. The number of likely N-dealkylation sites (tertiary alicyclic amines) is 1. The fraction of sp³-hybridized carbons (Fsp3) is 0.867. The first-order valence-corrected chi connectivity index (χ1v) is 7.75. The van der Waals surface area contributed by atoms with Gasteiger partial charge in [0.1, 0.15) is 0 Å². The van der Waals surface area contributed by atoms with E-state index < -0.39 is 11.4 Å². The van der Waals surface area contributed by atoms with Crippen LogP contribution in [-0.4, -0.2) is 60.8 Å². The molecule has 2 heterocycles. The molecule has 6 nitrogen and oxygen atoms in total. The van der Waals surface area contributed by atoms with Crippen molar-refractivity contribution in [3.63, 3.8) is 0 Å². The molecule has 3 atom stereocenters. The Balaban J connectivity index is 2.06. The number of carbonyl (C=O) groups excluding carboxylic acids is 1. The van der Waals surface area contributed by atoms with Gasteiger partial charge in [-0.1, -0.05) is 20.8 Å². The second kappa shape index (κ2) is 6.32. The minimum atomic E-state index is -0.803. The average molecular weight is 298 g/mol. The predicted molar refractivity (Wildman–Crippen MR) is 77.9 cm³/mol. The number of nitrogens with zero attached hydrogens (tertiary/aromatic N) is 1. The molecule has 0 saturated carbocycles. The maximum atomic E-state index is 12.7. The zero-order valence-corrected chi connectivity index (χ0v) is 13.1. The van der Waals surface area contributed by atoms with Crippen LogP contribution in [0.1, 0.15) is 27.2 Å². The number of hydrogen-bond donors (Lipinski definition) is 2. The fourth-order valence-corrected chi connectivity index (χ4v) is 3.41. The number of likely N-dealkylation sites (N-methyl/N-ethyl adjacent to an activating group) is 1. The van der Waals surface area contributed by atoms with Crippen LogP contribution in [-0.2, 0) is 14.3 Å². The van der Waals surface area contributed by atoms with Gasteiger partial charge in [-0.2, -0.15) is 0 Å². The van der Waals surface area contributed by atoms with Crippen molar-refractivity contribution in [2.75, 3.05) is 32.8 Å². The Bertz CT molecular complexity index is 412. The molecule has 120 valence electrons. The van der Waals surface area contributed by atoms with Gasteiger partial charge in [-0.3, -0.25) is 9.59 Å². The molecule has 6 heteroatoms. The van der Waals surface area contributed by atoms with Gasteiger partial charge in [0, 0.05) is 19.1 Å². The van der Waals surface area contributed by atoms with Gasteiger partial charge in [0.15, 0.2) is 0 Å². The summed E-state index contributed by atoms with van der Waals surface area (Å²) in [5.74, 6) is -0.945. The molecule has 0 radical (unpaired) electrons. The molecule has 0 spiro atoms. The monoisotopic (exact) mass is 298 g/mol. The van der Waals surface area contributed by atoms with Crippen molar-refractivity contribution < 1.29 is 19.4 Å². The lowest BCUT2D eigenvalue weighted by Crippen LogP contribution is -2.47. The van der Waals surface area contributed by atoms with E-state index in [1.165, 1.54) is 0 Å². The Morgan fingerprint density at radius 2 is 2.14 bits per heavy atom. The topological polar surface area (TPSA) is 78.9 Å². The van der Waals surface area contributed by atoms with Crippen molar-refractivity contribution in [1.29, 1.82) is 0 Å². The second-order valence-electron chi connectivity index (χ2n) is 6.43. The third-order valence-electron chi connectivity index (χ3n) is 5.01. The molecule has 0 aromatic rings. The quantitative estimate of drug-likeness (QED) is 0.776. The predicted octanol–water partition coefficient (Wildman–Crippen LogP) is 0.570. The third kappa shape index (κ3) is 2.92. The zero-order valence-electron chi connectivity index (χ0n) is 13.1. The molecule has 0 bridgehead atoms. The van der Waals surface area contributed by atoms with Crippen LogP contribution in [0.4, 0.5) is 0 Å². The van der Waals surface area contributed by atoms with Gasteiger partial charge in [-0.25, -0.2) is 0 Å². The lowest BCUT2D eigenvalue weighted by Gasteiger charge is -2.30. The minimum absolute atomic E-state index is 0.0113. The molecule has 2 rings (SSSR count). The largest absolute Gasteiger partial charge is 0.481 e. The normalized spacial score (nSPS) is 32.9. The SMILES string of the molecule is CCNC1COCC1C(=O)N1CCC(C(=O)O)(C(C)C)C1. The number of aliphatic carboxylic acids is 1. The summed E-state index contributed by atoms with van der Waals surface area (Å²) in [5.41, 5.74) is -0.803. The van der Waals surface area contributed by atoms with Gasteiger partial charge in [0.25, 0.3) is 0 Å². The summed E-state index contributed by atoms with van der Waals surface area (Å²) < 4.78 is 5.42. The van der Waals surface area contributed by atoms with E-state index in [0.717, 1.165) is 6.54 Å². The number of carbonyl (C=O) groups is 2. The van der Waals surface area contributed by atoms with Crippen LogP contribution in [0.15, 0.2) is 0 Å². The number of carboxylic acids is 1. The molecule has 2 aliphatic rings. The van der Waals surface area contributed by atoms with Gasteiger partial charge in [-0.05, 0) is 18.9 Å². The van der Waals surface area contributed by atoms with Crippen LogP contribution in [0, 0.1) is 17.3 Å². The summed E-state index contributed by atoms with van der Waals surface area (Å²) in [7, 11) is 0. The van der Waals surface area contributed by atoms with Crippen LogP contribution in [0.3, 0.4) is 0 Å². The number of nitrogens with one attached hydrogen (secondary N) is 1. The van der Waals surface area contributed by atoms with E-state index in [-0.39, 0.29) is 23.8 Å². The summed E-state index contributed by atoms with van der Waals surface area (Å²) in [5, 5.41) is 12.8. The third-order valence-corrected chi connectivity index (χ3v) is 5.01. The average Bonchev–Trinajstić information content (AvgIpc) is 3.05. The van der Waals surface area contributed by atoms with Crippen LogP contribution in [0.2, 0.25) is 0 Å². The highest BCUT2D eigenvalue weighted by atomic mass is 16.5. The highest BCUT2D eigenvalue weighted by Crippen LogP contribution is 2.39. The number of hydrogen-bond acceptors (Lipinski definition) is 4. The number of ether oxygens (including phenoxy) is 1. The summed E-state index contributed by atoms with van der Waals surface area (Å²) in [6, 6.07) is 0.0429. The molecule has 0 aromatic carbocycles. The van der Waals surface area contributed by atoms with Crippen molar-refractivity contribution in [3.05, 3.63) is 0 Å². The van der Waals surface area contributed by atoms with Gasteiger partial charge in [0.05, 0.1) is 24.5 Å². The van der Waals surface area contributed by atoms with E-state index in [4.69, 9.17) is 4.74 Å². The molecule has 3 unspecified atom stereocenters. The van der Waals surface area contributed by atoms with Gasteiger partial charge >= 0.3 is 5.97 Å². The first kappa shape index (κ1) is 16.2. The van der Waals surface area contributed by atoms with E-state index in [0.29, 0.717) is 32.7 Å². The Labute approximate surface area is 125 Å². The molecular formula is C15H26N2O4. The minimum Gasteiger partial charge on any atom is -0.481 e. The zero-order chi connectivity index (χ0) is 15.6. The molecule has 21 heavy (non-hydrogen) atoms. The Kier molecular flexibility index (Phi) is 4.88. The Morgan fingerprint density at radius 1 is 1.43 bits per heavy atom. The first-order valence-electron chi connectivity index (χ1n) is 7.75. The highest BCUT2D eigenvalue weighted by Gasteiger charge is 2.50. The van der Waals surface area contributed by atoms with Crippen molar-refractivity contribution in [2.24, 2.45) is 17.3 Å². The second-order valence-corrected chi connectivity index (χ2v) is 6.43. The van der Waals surface area contributed by atoms with Gasteiger partial charge < -0.3 is 20.1 Å². The molecule has 2 fully saturated rings. The van der Waals surface area contributed by atoms with Crippen LogP contribution in [0.25, 0.3) is 0 Å². The van der Waals surface area contributed by atoms with E-state index in [9.17, 15) is 14.7 Å². The molecule has 0 aliphatic carbocycles. The van der Waals surface area contributed by atoms with Crippen LogP contribution in [0.5, 0.6) is 0 Å². The summed E-state index contributed by atoms with van der Waals surface area (Å²) in [6.45, 7) is 8.45. The first-order chi connectivity index (χ1) is 9.92. The van der Waals surface area contributed by atoms with E-state index in [2.05, 4.69) is 5.32 Å². The van der Waals surface area contributed by atoms with Gasteiger partial charge in [-0.15, -0.1) is 0 Å². The van der Waals surface area contributed by atoms with Crippen molar-refractivity contribution in [2.45, 2.75) is 33.2 Å². The van der Waals surface area contributed by atoms with Crippen molar-refractivity contribution >= 4 is 11.9 Å². The number of carboxylic acid groups (broad SMARTS) is 1. The van der Waals surface area contributed by atoms with Crippen LogP contribution < -0.4 is 5.32 Å². The van der Waals surface area contributed by atoms with E-state index in [1.807, 2.05) is 20.8 Å². The lowest BCUT2D eigenvalue weighted by molar-refractivity contribution is -0.151.